The van der Waals surface area contributed by atoms with Gasteiger partial charge in [-0.15, -0.1) is 0 Å². The third-order valence-corrected chi connectivity index (χ3v) is 4.91. The maximum atomic E-state index is 12.5. The Morgan fingerprint density at radius 3 is 2.44 bits per heavy atom. The summed E-state index contributed by atoms with van der Waals surface area (Å²) in [5, 5.41) is 2.90. The third kappa shape index (κ3) is 7.59. The molecule has 174 valence electrons. The van der Waals surface area contributed by atoms with Crippen LogP contribution in [0.2, 0.25) is 0 Å². The zero-order valence-corrected chi connectivity index (χ0v) is 20.0. The van der Waals surface area contributed by atoms with Crippen LogP contribution in [0.3, 0.4) is 0 Å². The number of carbonyl (C=O) groups is 2. The average molecular weight is 442 g/mol. The van der Waals surface area contributed by atoms with Crippen molar-refractivity contribution in [2.75, 3.05) is 19.0 Å². The molecule has 1 atom stereocenters. The van der Waals surface area contributed by atoms with E-state index >= 15 is 0 Å². The number of esters is 1. The highest BCUT2D eigenvalue weighted by Crippen LogP contribution is 2.36. The van der Waals surface area contributed by atoms with E-state index in [-0.39, 0.29) is 11.9 Å². The first-order valence-corrected chi connectivity index (χ1v) is 11.1. The summed E-state index contributed by atoms with van der Waals surface area (Å²) in [6, 6.07) is 13.7. The first-order valence-electron chi connectivity index (χ1n) is 11.1. The first kappa shape index (κ1) is 25.2. The molecule has 0 bridgehead atoms. The summed E-state index contributed by atoms with van der Waals surface area (Å²) in [5.41, 5.74) is 2.83. The van der Waals surface area contributed by atoms with E-state index in [2.05, 4.69) is 5.32 Å². The van der Waals surface area contributed by atoms with E-state index in [1.807, 2.05) is 77.1 Å². The Labute approximate surface area is 191 Å². The van der Waals surface area contributed by atoms with Crippen LogP contribution in [0.5, 0.6) is 5.75 Å². The minimum absolute atomic E-state index is 0.137. The van der Waals surface area contributed by atoms with Gasteiger partial charge in [0.15, 0.2) is 0 Å². The van der Waals surface area contributed by atoms with Gasteiger partial charge in [0.25, 0.3) is 0 Å². The average Bonchev–Trinajstić information content (AvgIpc) is 2.72. The first-order chi connectivity index (χ1) is 15.1. The SMILES string of the molecule is CCOC(=O)[C@@H](C)CCCc1ccc(-c2ccccc2OC)c(NC(=O)OC(C)(C)C)c1. The number of rotatable bonds is 9. The molecule has 0 spiro atoms. The Morgan fingerprint density at radius 2 is 1.78 bits per heavy atom. The van der Waals surface area contributed by atoms with Crippen LogP contribution in [0.1, 0.15) is 53.0 Å². The molecule has 6 nitrogen and oxygen atoms in total. The van der Waals surface area contributed by atoms with Crippen LogP contribution in [-0.2, 0) is 20.7 Å². The van der Waals surface area contributed by atoms with Gasteiger partial charge in [-0.1, -0.05) is 37.3 Å². The summed E-state index contributed by atoms with van der Waals surface area (Å²) in [5.74, 6) is 0.421. The molecule has 1 amide bonds. The fourth-order valence-electron chi connectivity index (χ4n) is 3.38. The number of benzene rings is 2. The number of nitrogens with one attached hydrogen (secondary N) is 1. The van der Waals surface area contributed by atoms with Gasteiger partial charge in [0, 0.05) is 11.1 Å². The summed E-state index contributed by atoms with van der Waals surface area (Å²) in [6.07, 6.45) is 1.84. The van der Waals surface area contributed by atoms with Crippen LogP contribution >= 0.6 is 0 Å². The van der Waals surface area contributed by atoms with Gasteiger partial charge in [0.2, 0.25) is 0 Å². The third-order valence-electron chi connectivity index (χ3n) is 4.91. The van der Waals surface area contributed by atoms with E-state index < -0.39 is 11.7 Å². The van der Waals surface area contributed by atoms with E-state index in [0.717, 1.165) is 41.7 Å². The van der Waals surface area contributed by atoms with Crippen LogP contribution < -0.4 is 10.1 Å². The number of hydrogen-bond acceptors (Lipinski definition) is 5. The van der Waals surface area contributed by atoms with Gasteiger partial charge in [0.1, 0.15) is 11.4 Å². The molecule has 0 heterocycles. The molecule has 32 heavy (non-hydrogen) atoms. The molecule has 0 radical (unpaired) electrons. The quantitative estimate of drug-likeness (QED) is 0.467. The minimum atomic E-state index is -0.602. The maximum Gasteiger partial charge on any atom is 0.412 e. The summed E-state index contributed by atoms with van der Waals surface area (Å²) in [4.78, 5) is 24.3. The van der Waals surface area contributed by atoms with Gasteiger partial charge >= 0.3 is 12.1 Å². The summed E-state index contributed by atoms with van der Waals surface area (Å²) >= 11 is 0. The molecule has 1 N–H and O–H groups in total. The van der Waals surface area contributed by atoms with Crippen LogP contribution in [0, 0.1) is 5.92 Å². The lowest BCUT2D eigenvalue weighted by Gasteiger charge is -2.21. The number of amides is 1. The molecule has 0 aliphatic rings. The smallest absolute Gasteiger partial charge is 0.412 e. The molecular formula is C26H35NO5. The van der Waals surface area contributed by atoms with Crippen molar-refractivity contribution >= 4 is 17.7 Å². The van der Waals surface area contributed by atoms with Crippen LogP contribution in [0.15, 0.2) is 42.5 Å². The molecule has 2 aromatic carbocycles. The molecule has 2 rings (SSSR count). The molecule has 0 aliphatic heterocycles. The van der Waals surface area contributed by atoms with Gasteiger partial charge < -0.3 is 14.2 Å². The molecule has 0 fully saturated rings. The van der Waals surface area contributed by atoms with Crippen molar-refractivity contribution < 1.29 is 23.8 Å². The number of ether oxygens (including phenoxy) is 3. The Kier molecular flexibility index (Phi) is 9.12. The van der Waals surface area contributed by atoms with Crippen molar-refractivity contribution in [3.63, 3.8) is 0 Å². The molecule has 2 aromatic rings. The highest BCUT2D eigenvalue weighted by atomic mass is 16.6. The summed E-state index contributed by atoms with van der Waals surface area (Å²) in [7, 11) is 1.62. The van der Waals surface area contributed by atoms with E-state index in [1.54, 1.807) is 7.11 Å². The van der Waals surface area contributed by atoms with Gasteiger partial charge in [0.05, 0.1) is 25.3 Å². The highest BCUT2D eigenvalue weighted by Gasteiger charge is 2.19. The molecular weight excluding hydrogens is 406 g/mol. The fraction of sp³-hybridized carbons (Fsp3) is 0.462. The molecule has 6 heteroatoms. The Balaban J connectivity index is 2.25. The van der Waals surface area contributed by atoms with Crippen molar-refractivity contribution in [2.45, 2.75) is 59.5 Å². The molecule has 0 saturated carbocycles. The zero-order chi connectivity index (χ0) is 23.7. The molecule has 0 saturated heterocycles. The minimum Gasteiger partial charge on any atom is -0.496 e. The zero-order valence-electron chi connectivity index (χ0n) is 20.0. The van der Waals surface area contributed by atoms with Gasteiger partial charge in [-0.25, -0.2) is 4.79 Å². The summed E-state index contributed by atoms with van der Waals surface area (Å²) in [6.45, 7) is 9.58. The maximum absolute atomic E-state index is 12.5. The Bertz CT molecular complexity index is 917. The largest absolute Gasteiger partial charge is 0.496 e. The Hall–Kier alpha value is -3.02. The van der Waals surface area contributed by atoms with Crippen LogP contribution in [0.4, 0.5) is 10.5 Å². The monoisotopic (exact) mass is 441 g/mol. The van der Waals surface area contributed by atoms with Crippen LogP contribution in [0.25, 0.3) is 11.1 Å². The number of hydrogen-bond donors (Lipinski definition) is 1. The normalized spacial score (nSPS) is 12.1. The van der Waals surface area contributed by atoms with Crippen molar-refractivity contribution in [1.82, 2.24) is 0 Å². The van der Waals surface area contributed by atoms with Gasteiger partial charge in [-0.3, -0.25) is 10.1 Å². The van der Waals surface area contributed by atoms with E-state index in [4.69, 9.17) is 14.2 Å². The van der Waals surface area contributed by atoms with Crippen molar-refractivity contribution in [3.05, 3.63) is 48.0 Å². The number of methoxy groups -OCH3 is 1. The topological polar surface area (TPSA) is 73.9 Å². The van der Waals surface area contributed by atoms with Crippen molar-refractivity contribution in [2.24, 2.45) is 5.92 Å². The summed E-state index contributed by atoms with van der Waals surface area (Å²) < 4.78 is 16.1. The van der Waals surface area contributed by atoms with E-state index in [9.17, 15) is 9.59 Å². The molecule has 0 aromatic heterocycles. The van der Waals surface area contributed by atoms with Gasteiger partial charge in [-0.05, 0) is 64.7 Å². The second kappa shape index (κ2) is 11.6. The predicted octanol–water partition coefficient (Wildman–Crippen LogP) is 6.23. The second-order valence-corrected chi connectivity index (χ2v) is 8.75. The highest BCUT2D eigenvalue weighted by molar-refractivity contribution is 5.93. The lowest BCUT2D eigenvalue weighted by Crippen LogP contribution is -2.27. The predicted molar refractivity (Wildman–Crippen MR) is 127 cm³/mol. The molecule has 0 unspecified atom stereocenters. The van der Waals surface area contributed by atoms with E-state index in [0.29, 0.717) is 12.3 Å². The van der Waals surface area contributed by atoms with Crippen molar-refractivity contribution in [1.29, 1.82) is 0 Å². The van der Waals surface area contributed by atoms with Crippen LogP contribution in [-0.4, -0.2) is 31.4 Å². The molecule has 0 aliphatic carbocycles. The lowest BCUT2D eigenvalue weighted by atomic mass is 9.97. The second-order valence-electron chi connectivity index (χ2n) is 8.75. The lowest BCUT2D eigenvalue weighted by molar-refractivity contribution is -0.147. The van der Waals surface area contributed by atoms with E-state index in [1.165, 1.54) is 0 Å². The standard InChI is InChI=1S/C26H35NO5/c1-7-31-24(28)18(2)11-10-12-19-15-16-20(21-13-8-9-14-23(21)30-6)22(17-19)27-25(29)32-26(3,4)5/h8-9,13-18H,7,10-12H2,1-6H3,(H,27,29)/t18-/m0/s1. The number of anilines is 1. The Morgan fingerprint density at radius 1 is 1.06 bits per heavy atom. The number of aryl methyl sites for hydroxylation is 1. The number of para-hydroxylation sites is 1. The number of carbonyl (C=O) groups excluding carboxylic acids is 2. The fourth-order valence-corrected chi connectivity index (χ4v) is 3.38. The van der Waals surface area contributed by atoms with Crippen molar-refractivity contribution in [3.8, 4) is 16.9 Å². The van der Waals surface area contributed by atoms with Gasteiger partial charge in [-0.2, -0.15) is 0 Å².